The highest BCUT2D eigenvalue weighted by atomic mass is 79.9. The minimum absolute atomic E-state index is 0.0449. The summed E-state index contributed by atoms with van der Waals surface area (Å²) >= 11 is 5.10. The van der Waals surface area contributed by atoms with Crippen molar-refractivity contribution in [1.29, 1.82) is 0 Å². The Hall–Kier alpha value is -0.430. The molecule has 0 aliphatic carbocycles. The Morgan fingerprint density at radius 3 is 2.89 bits per heavy atom. The molecule has 2 rings (SSSR count). The van der Waals surface area contributed by atoms with Gasteiger partial charge in [0.25, 0.3) is 5.91 Å². The zero-order valence-corrected chi connectivity index (χ0v) is 13.4. The average Bonchev–Trinajstić information content (AvgIpc) is 3.04. The van der Waals surface area contributed by atoms with Crippen molar-refractivity contribution in [1.82, 2.24) is 4.90 Å². The molecule has 1 aromatic rings. The van der Waals surface area contributed by atoms with Crippen LogP contribution in [0.2, 0.25) is 0 Å². The third kappa shape index (κ3) is 3.78. The number of likely N-dealkylation sites (N-methyl/N-ethyl adjacent to an activating group) is 1. The summed E-state index contributed by atoms with van der Waals surface area (Å²) in [6.07, 6.45) is 1.40. The molecule has 0 bridgehead atoms. The van der Waals surface area contributed by atoms with Crippen LogP contribution >= 0.6 is 27.3 Å². The van der Waals surface area contributed by atoms with Crippen LogP contribution in [0.3, 0.4) is 0 Å². The lowest BCUT2D eigenvalue weighted by atomic mass is 10.2. The smallest absolute Gasteiger partial charge is 0.252 e. The van der Waals surface area contributed by atoms with Crippen molar-refractivity contribution in [2.24, 2.45) is 5.73 Å². The van der Waals surface area contributed by atoms with Crippen molar-refractivity contribution >= 4 is 33.2 Å². The Morgan fingerprint density at radius 2 is 2.37 bits per heavy atom. The lowest BCUT2D eigenvalue weighted by Gasteiger charge is -2.23. The van der Waals surface area contributed by atoms with Gasteiger partial charge in [0.15, 0.2) is 0 Å². The summed E-state index contributed by atoms with van der Waals surface area (Å²) in [5.74, 6) is 0.0861. The van der Waals surface area contributed by atoms with Gasteiger partial charge in [0.05, 0.1) is 16.4 Å². The lowest BCUT2D eigenvalue weighted by molar-refractivity contribution is -0.143. The first-order valence-electron chi connectivity index (χ1n) is 6.52. The molecule has 6 heteroatoms. The van der Waals surface area contributed by atoms with Crippen LogP contribution < -0.4 is 5.73 Å². The van der Waals surface area contributed by atoms with E-state index >= 15 is 0 Å². The summed E-state index contributed by atoms with van der Waals surface area (Å²) in [6, 6.07) is 4.05. The van der Waals surface area contributed by atoms with Crippen LogP contribution in [-0.2, 0) is 16.1 Å². The number of nitrogens with two attached hydrogens (primary N) is 1. The van der Waals surface area contributed by atoms with Crippen molar-refractivity contribution in [2.45, 2.75) is 38.5 Å². The van der Waals surface area contributed by atoms with Crippen LogP contribution in [0.25, 0.3) is 0 Å². The van der Waals surface area contributed by atoms with E-state index in [1.165, 1.54) is 4.88 Å². The molecule has 2 unspecified atom stereocenters. The number of thiophene rings is 1. The number of nitrogens with zero attached hydrogens (tertiary/aromatic N) is 1. The number of hydrogen-bond acceptors (Lipinski definition) is 4. The zero-order chi connectivity index (χ0) is 13.8. The number of halogens is 1. The van der Waals surface area contributed by atoms with Crippen LogP contribution in [0.15, 0.2) is 15.9 Å². The second-order valence-corrected chi connectivity index (χ2v) is 7.17. The Balaban J connectivity index is 1.95. The van der Waals surface area contributed by atoms with Crippen LogP contribution in [-0.4, -0.2) is 36.1 Å². The summed E-state index contributed by atoms with van der Waals surface area (Å²) in [5.41, 5.74) is 5.58. The SMILES string of the molecule is CCN(Cc1ccc(Br)s1)C(=O)C1CCC(CN)O1. The number of ether oxygens (including phenoxy) is 1. The van der Waals surface area contributed by atoms with Gasteiger partial charge in [-0.05, 0) is 47.8 Å². The largest absolute Gasteiger partial charge is 0.364 e. The molecule has 0 aromatic carbocycles. The van der Waals surface area contributed by atoms with Gasteiger partial charge in [-0.25, -0.2) is 0 Å². The molecule has 0 saturated carbocycles. The summed E-state index contributed by atoms with van der Waals surface area (Å²) in [7, 11) is 0. The molecule has 4 nitrogen and oxygen atoms in total. The first-order chi connectivity index (χ1) is 9.13. The van der Waals surface area contributed by atoms with Gasteiger partial charge in [-0.15, -0.1) is 11.3 Å². The molecule has 1 aliphatic rings. The highest BCUT2D eigenvalue weighted by Crippen LogP contribution is 2.25. The summed E-state index contributed by atoms with van der Waals surface area (Å²) < 4.78 is 6.77. The van der Waals surface area contributed by atoms with E-state index in [9.17, 15) is 4.79 Å². The van der Waals surface area contributed by atoms with Gasteiger partial charge in [-0.3, -0.25) is 4.79 Å². The van der Waals surface area contributed by atoms with Crippen molar-refractivity contribution in [2.75, 3.05) is 13.1 Å². The minimum Gasteiger partial charge on any atom is -0.364 e. The summed E-state index contributed by atoms with van der Waals surface area (Å²) in [5, 5.41) is 0. The fraction of sp³-hybridized carbons (Fsp3) is 0.615. The van der Waals surface area contributed by atoms with Gasteiger partial charge in [0.2, 0.25) is 0 Å². The molecule has 1 aromatic heterocycles. The summed E-state index contributed by atoms with van der Waals surface area (Å²) in [4.78, 5) is 15.4. The fourth-order valence-electron chi connectivity index (χ4n) is 2.23. The highest BCUT2D eigenvalue weighted by Gasteiger charge is 2.32. The standard InChI is InChI=1S/C13H19BrN2O2S/c1-2-16(8-10-4-6-12(14)19-10)13(17)11-5-3-9(7-15)18-11/h4,6,9,11H,2-3,5,7-8,15H2,1H3. The first-order valence-corrected chi connectivity index (χ1v) is 8.13. The molecule has 1 saturated heterocycles. The fourth-order valence-corrected chi connectivity index (χ4v) is 3.73. The van der Waals surface area contributed by atoms with Crippen LogP contribution in [0.4, 0.5) is 0 Å². The van der Waals surface area contributed by atoms with Gasteiger partial charge in [-0.1, -0.05) is 0 Å². The highest BCUT2D eigenvalue weighted by molar-refractivity contribution is 9.11. The van der Waals surface area contributed by atoms with Crippen molar-refractivity contribution in [3.05, 3.63) is 20.8 Å². The molecule has 1 amide bonds. The maximum absolute atomic E-state index is 12.4. The molecule has 0 radical (unpaired) electrons. The van der Waals surface area contributed by atoms with Crippen molar-refractivity contribution < 1.29 is 9.53 Å². The maximum Gasteiger partial charge on any atom is 0.252 e. The lowest BCUT2D eigenvalue weighted by Crippen LogP contribution is -2.39. The maximum atomic E-state index is 12.4. The van der Waals surface area contributed by atoms with Crippen molar-refractivity contribution in [3.8, 4) is 0 Å². The van der Waals surface area contributed by atoms with Gasteiger partial charge in [-0.2, -0.15) is 0 Å². The molecule has 2 N–H and O–H groups in total. The second-order valence-electron chi connectivity index (χ2n) is 4.62. The van der Waals surface area contributed by atoms with E-state index in [4.69, 9.17) is 10.5 Å². The van der Waals surface area contributed by atoms with E-state index in [-0.39, 0.29) is 18.1 Å². The quantitative estimate of drug-likeness (QED) is 0.890. The second kappa shape index (κ2) is 6.83. The van der Waals surface area contributed by atoms with E-state index in [0.717, 1.165) is 16.6 Å². The molecular weight excluding hydrogens is 328 g/mol. The average molecular weight is 347 g/mol. The van der Waals surface area contributed by atoms with E-state index < -0.39 is 0 Å². The number of carbonyl (C=O) groups is 1. The Labute approximate surface area is 126 Å². The Morgan fingerprint density at radius 1 is 1.58 bits per heavy atom. The van der Waals surface area contributed by atoms with Gasteiger partial charge >= 0.3 is 0 Å². The minimum atomic E-state index is -0.308. The van der Waals surface area contributed by atoms with E-state index in [1.807, 2.05) is 24.0 Å². The van der Waals surface area contributed by atoms with Crippen LogP contribution in [0.1, 0.15) is 24.6 Å². The Kier molecular flexibility index (Phi) is 5.38. The summed E-state index contributed by atoms with van der Waals surface area (Å²) in [6.45, 7) is 3.84. The molecule has 2 heterocycles. The van der Waals surface area contributed by atoms with E-state index in [0.29, 0.717) is 19.6 Å². The normalized spacial score (nSPS) is 22.7. The number of rotatable bonds is 5. The molecule has 2 atom stereocenters. The third-order valence-electron chi connectivity index (χ3n) is 3.31. The van der Waals surface area contributed by atoms with E-state index in [2.05, 4.69) is 15.9 Å². The third-order valence-corrected chi connectivity index (χ3v) is 4.92. The topological polar surface area (TPSA) is 55.6 Å². The predicted molar refractivity (Wildman–Crippen MR) is 80.1 cm³/mol. The molecule has 1 aliphatic heterocycles. The monoisotopic (exact) mass is 346 g/mol. The number of hydrogen-bond donors (Lipinski definition) is 1. The van der Waals surface area contributed by atoms with Crippen LogP contribution in [0, 0.1) is 0 Å². The van der Waals surface area contributed by atoms with Crippen molar-refractivity contribution in [3.63, 3.8) is 0 Å². The predicted octanol–water partition coefficient (Wildman–Crippen LogP) is 2.37. The molecular formula is C13H19BrN2O2S. The zero-order valence-electron chi connectivity index (χ0n) is 11.0. The molecule has 19 heavy (non-hydrogen) atoms. The van der Waals surface area contributed by atoms with E-state index in [1.54, 1.807) is 11.3 Å². The number of amides is 1. The first kappa shape index (κ1) is 15.0. The van der Waals surface area contributed by atoms with Gasteiger partial charge in [0.1, 0.15) is 6.10 Å². The van der Waals surface area contributed by atoms with Crippen LogP contribution in [0.5, 0.6) is 0 Å². The molecule has 1 fully saturated rings. The molecule has 0 spiro atoms. The number of carbonyl (C=O) groups excluding carboxylic acids is 1. The Bertz CT molecular complexity index is 438. The van der Waals surface area contributed by atoms with Gasteiger partial charge in [0, 0.05) is 18.0 Å². The van der Waals surface area contributed by atoms with Gasteiger partial charge < -0.3 is 15.4 Å². The molecule has 106 valence electrons.